The summed E-state index contributed by atoms with van der Waals surface area (Å²) in [5.74, 6) is -8.73. The summed E-state index contributed by atoms with van der Waals surface area (Å²) in [6, 6.07) is 0.461. The highest BCUT2D eigenvalue weighted by molar-refractivity contribution is 7.95. The molecule has 0 radical (unpaired) electrons. The van der Waals surface area contributed by atoms with Crippen LogP contribution in [0.1, 0.15) is 39.2 Å². The molecule has 1 unspecified atom stereocenters. The van der Waals surface area contributed by atoms with Gasteiger partial charge >= 0.3 is 5.97 Å². The predicted molar refractivity (Wildman–Crippen MR) is 95.8 cm³/mol. The first-order valence-electron chi connectivity index (χ1n) is 8.23. The van der Waals surface area contributed by atoms with Crippen molar-refractivity contribution in [3.63, 3.8) is 0 Å². The van der Waals surface area contributed by atoms with Gasteiger partial charge in [-0.3, -0.25) is 0 Å². The summed E-state index contributed by atoms with van der Waals surface area (Å²) in [7, 11) is -3.18. The third-order valence-electron chi connectivity index (χ3n) is 4.52. The molecule has 0 saturated heterocycles. The van der Waals surface area contributed by atoms with E-state index >= 15 is 0 Å². The number of halogens is 3. The second-order valence-electron chi connectivity index (χ2n) is 6.59. The SMILES string of the molecule is COc1c(F)c(F)cc(C2C(C(=O)O)=C(C)NC(C)=C2S(=O)(=O)C(C)C)c1F. The Morgan fingerprint density at radius 1 is 1.18 bits per heavy atom. The lowest BCUT2D eigenvalue weighted by Crippen LogP contribution is -2.34. The summed E-state index contributed by atoms with van der Waals surface area (Å²) >= 11 is 0. The minimum atomic E-state index is -4.10. The van der Waals surface area contributed by atoms with Gasteiger partial charge in [0.15, 0.2) is 27.2 Å². The summed E-state index contributed by atoms with van der Waals surface area (Å²) < 4.78 is 73.4. The molecule has 2 rings (SSSR count). The van der Waals surface area contributed by atoms with Crippen LogP contribution in [0.2, 0.25) is 0 Å². The summed E-state index contributed by atoms with van der Waals surface area (Å²) in [4.78, 5) is 11.5. The number of hydrogen-bond donors (Lipinski definition) is 2. The van der Waals surface area contributed by atoms with Crippen molar-refractivity contribution in [2.24, 2.45) is 0 Å². The number of carboxylic acids is 1. The standard InChI is InChI=1S/C18H20F3NO5S/c1-7(2)28(25,26)17-9(4)22-8(3)12(18(23)24)13(17)10-6-11(19)15(21)16(27-5)14(10)20/h6-7,13,22H,1-5H3,(H,23,24). The number of aliphatic carboxylic acids is 1. The van der Waals surface area contributed by atoms with Gasteiger partial charge in [-0.05, 0) is 33.8 Å². The van der Waals surface area contributed by atoms with Crippen LogP contribution in [-0.2, 0) is 14.6 Å². The van der Waals surface area contributed by atoms with Gasteiger partial charge < -0.3 is 15.2 Å². The summed E-state index contributed by atoms with van der Waals surface area (Å²) in [5, 5.41) is 11.4. The van der Waals surface area contributed by atoms with E-state index in [1.54, 1.807) is 0 Å². The van der Waals surface area contributed by atoms with E-state index in [0.717, 1.165) is 7.11 Å². The monoisotopic (exact) mass is 419 g/mol. The Kier molecular flexibility index (Phi) is 5.84. The molecule has 1 aromatic rings. The fraction of sp³-hybridized carbons (Fsp3) is 0.389. The van der Waals surface area contributed by atoms with Crippen LogP contribution in [0.25, 0.3) is 0 Å². The zero-order valence-corrected chi connectivity index (χ0v) is 16.7. The molecular formula is C18H20F3NO5S. The quantitative estimate of drug-likeness (QED) is 0.712. The third-order valence-corrected chi connectivity index (χ3v) is 6.91. The maximum atomic E-state index is 15.0. The lowest BCUT2D eigenvalue weighted by Gasteiger charge is -2.31. The van der Waals surface area contributed by atoms with Crippen molar-refractivity contribution in [1.29, 1.82) is 0 Å². The van der Waals surface area contributed by atoms with E-state index < -0.39 is 66.2 Å². The number of nitrogens with one attached hydrogen (secondary N) is 1. The van der Waals surface area contributed by atoms with E-state index in [1.165, 1.54) is 27.7 Å². The summed E-state index contributed by atoms with van der Waals surface area (Å²) in [6.45, 7) is 5.51. The fourth-order valence-electron chi connectivity index (χ4n) is 3.17. The van der Waals surface area contributed by atoms with Crippen LogP contribution in [-0.4, -0.2) is 31.9 Å². The predicted octanol–water partition coefficient (Wildman–Crippen LogP) is 3.21. The number of rotatable bonds is 5. The third kappa shape index (κ3) is 3.36. The Bertz CT molecular complexity index is 1010. The molecule has 1 aliphatic rings. The lowest BCUT2D eigenvalue weighted by molar-refractivity contribution is -0.133. The minimum Gasteiger partial charge on any atom is -0.491 e. The van der Waals surface area contributed by atoms with E-state index in [1.807, 2.05) is 0 Å². The van der Waals surface area contributed by atoms with Crippen molar-refractivity contribution in [3.8, 4) is 5.75 Å². The van der Waals surface area contributed by atoms with Crippen molar-refractivity contribution >= 4 is 15.8 Å². The van der Waals surface area contributed by atoms with E-state index in [2.05, 4.69) is 10.1 Å². The van der Waals surface area contributed by atoms with Crippen molar-refractivity contribution in [2.45, 2.75) is 38.9 Å². The van der Waals surface area contributed by atoms with Crippen LogP contribution in [0.3, 0.4) is 0 Å². The molecule has 28 heavy (non-hydrogen) atoms. The van der Waals surface area contributed by atoms with Crippen LogP contribution >= 0.6 is 0 Å². The zero-order chi connectivity index (χ0) is 21.5. The fourth-order valence-corrected chi connectivity index (χ4v) is 4.73. The first-order chi connectivity index (χ1) is 12.9. The average molecular weight is 419 g/mol. The number of allylic oxidation sites excluding steroid dienone is 3. The molecule has 10 heteroatoms. The topological polar surface area (TPSA) is 92.7 Å². The van der Waals surface area contributed by atoms with Gasteiger partial charge in [-0.1, -0.05) is 0 Å². The second-order valence-corrected chi connectivity index (χ2v) is 9.07. The van der Waals surface area contributed by atoms with Gasteiger partial charge in [-0.15, -0.1) is 0 Å². The molecule has 0 spiro atoms. The van der Waals surface area contributed by atoms with E-state index in [-0.39, 0.29) is 11.4 Å². The van der Waals surface area contributed by atoms with E-state index in [4.69, 9.17) is 0 Å². The number of hydrogen-bond acceptors (Lipinski definition) is 5. The molecule has 1 aromatic carbocycles. The highest BCUT2D eigenvalue weighted by Crippen LogP contribution is 2.44. The number of dihydropyridines is 1. The Morgan fingerprint density at radius 2 is 1.75 bits per heavy atom. The van der Waals surface area contributed by atoms with Crippen LogP contribution < -0.4 is 10.1 Å². The van der Waals surface area contributed by atoms with Gasteiger partial charge in [-0.2, -0.15) is 4.39 Å². The second kappa shape index (κ2) is 7.50. The molecule has 0 amide bonds. The van der Waals surface area contributed by atoms with Gasteiger partial charge in [0.2, 0.25) is 5.82 Å². The molecule has 0 saturated carbocycles. The number of ether oxygens (including phenoxy) is 1. The lowest BCUT2D eigenvalue weighted by atomic mass is 9.86. The van der Waals surface area contributed by atoms with Crippen molar-refractivity contribution in [1.82, 2.24) is 5.32 Å². The van der Waals surface area contributed by atoms with Crippen LogP contribution in [0.5, 0.6) is 5.75 Å². The Morgan fingerprint density at radius 3 is 2.21 bits per heavy atom. The molecule has 154 valence electrons. The largest absolute Gasteiger partial charge is 0.491 e. The Balaban J connectivity index is 2.98. The number of carboxylic acid groups (broad SMARTS) is 1. The van der Waals surface area contributed by atoms with Crippen LogP contribution in [0, 0.1) is 17.5 Å². The molecule has 6 nitrogen and oxygen atoms in total. The molecule has 0 aromatic heterocycles. The average Bonchev–Trinajstić information content (AvgIpc) is 2.57. The zero-order valence-electron chi connectivity index (χ0n) is 15.9. The van der Waals surface area contributed by atoms with Crippen LogP contribution in [0.15, 0.2) is 27.9 Å². The molecular weight excluding hydrogens is 399 g/mol. The highest BCUT2D eigenvalue weighted by atomic mass is 32.2. The van der Waals surface area contributed by atoms with E-state index in [0.29, 0.717) is 6.07 Å². The van der Waals surface area contributed by atoms with Gasteiger partial charge in [-0.25, -0.2) is 22.0 Å². The molecule has 1 atom stereocenters. The number of benzene rings is 1. The molecule has 0 bridgehead atoms. The van der Waals surface area contributed by atoms with Gasteiger partial charge in [0.1, 0.15) is 0 Å². The van der Waals surface area contributed by atoms with Crippen molar-refractivity contribution < 1.29 is 36.2 Å². The summed E-state index contributed by atoms with van der Waals surface area (Å²) in [6.07, 6.45) is 0. The first kappa shape index (κ1) is 21.8. The van der Waals surface area contributed by atoms with Crippen molar-refractivity contribution in [3.05, 3.63) is 51.0 Å². The smallest absolute Gasteiger partial charge is 0.334 e. The minimum absolute atomic E-state index is 0.0563. The number of carbonyl (C=O) groups is 1. The number of sulfone groups is 1. The van der Waals surface area contributed by atoms with Crippen molar-refractivity contribution in [2.75, 3.05) is 7.11 Å². The molecule has 0 fully saturated rings. The van der Waals surface area contributed by atoms with Gasteiger partial charge in [0, 0.05) is 17.0 Å². The van der Waals surface area contributed by atoms with Gasteiger partial charge in [0.25, 0.3) is 0 Å². The Labute approximate surface area is 160 Å². The highest BCUT2D eigenvalue weighted by Gasteiger charge is 2.42. The van der Waals surface area contributed by atoms with Crippen LogP contribution in [0.4, 0.5) is 13.2 Å². The molecule has 2 N–H and O–H groups in total. The molecule has 0 aliphatic carbocycles. The molecule has 1 aliphatic heterocycles. The maximum Gasteiger partial charge on any atom is 0.334 e. The van der Waals surface area contributed by atoms with E-state index in [9.17, 15) is 31.5 Å². The Hall–Kier alpha value is -2.49. The number of methoxy groups -OCH3 is 1. The van der Waals surface area contributed by atoms with Gasteiger partial charge in [0.05, 0.1) is 28.8 Å². The summed E-state index contributed by atoms with van der Waals surface area (Å²) in [5.41, 5.74) is -1.01. The maximum absolute atomic E-state index is 15.0. The normalized spacial score (nSPS) is 17.8. The molecule has 1 heterocycles. The first-order valence-corrected chi connectivity index (χ1v) is 9.77.